The Labute approximate surface area is 98.4 Å². The molecule has 5 heteroatoms. The third kappa shape index (κ3) is 4.43. The molecule has 0 saturated heterocycles. The van der Waals surface area contributed by atoms with Crippen molar-refractivity contribution in [3.05, 3.63) is 23.7 Å². The van der Waals surface area contributed by atoms with Crippen molar-refractivity contribution in [2.45, 2.75) is 6.54 Å². The fourth-order valence-electron chi connectivity index (χ4n) is 1.07. The molecule has 86 valence electrons. The molecule has 0 aliphatic heterocycles. The molecule has 1 aromatic rings. The molecule has 0 spiro atoms. The average Bonchev–Trinajstić information content (AvgIpc) is 2.72. The van der Waals surface area contributed by atoms with Crippen LogP contribution in [-0.2, 0) is 6.54 Å². The molecule has 1 aromatic heterocycles. The van der Waals surface area contributed by atoms with Gasteiger partial charge in [-0.3, -0.25) is 0 Å². The smallest absolute Gasteiger partial charge is 0.371 e. The van der Waals surface area contributed by atoms with Gasteiger partial charge in [0.25, 0.3) is 0 Å². The van der Waals surface area contributed by atoms with Gasteiger partial charge in [0.05, 0.1) is 12.3 Å². The average molecular weight is 239 g/mol. The number of thioether (sulfide) groups is 1. The van der Waals surface area contributed by atoms with E-state index in [1.165, 1.54) is 6.07 Å². The van der Waals surface area contributed by atoms with Gasteiger partial charge in [-0.25, -0.2) is 4.79 Å². The molecule has 0 fully saturated rings. The molecule has 1 rings (SSSR count). The Morgan fingerprint density at radius 3 is 3.06 bits per heavy atom. The van der Waals surface area contributed by atoms with Crippen molar-refractivity contribution >= 4 is 17.7 Å². The standard InChI is InChI=1S/C11H13NO3S/c1-2-6-16-7-5-12-8-9-3-4-10(15-9)11(13)14/h1,3-4,12H,5-8H2,(H,13,14). The van der Waals surface area contributed by atoms with Crippen molar-refractivity contribution in [3.8, 4) is 12.3 Å². The lowest BCUT2D eigenvalue weighted by molar-refractivity contribution is 0.0660. The monoisotopic (exact) mass is 239 g/mol. The molecule has 0 aliphatic rings. The largest absolute Gasteiger partial charge is 0.475 e. The third-order valence-corrected chi connectivity index (χ3v) is 2.64. The first-order valence-corrected chi connectivity index (χ1v) is 5.93. The summed E-state index contributed by atoms with van der Waals surface area (Å²) >= 11 is 1.68. The van der Waals surface area contributed by atoms with E-state index in [2.05, 4.69) is 11.2 Å². The number of aromatic carboxylic acids is 1. The van der Waals surface area contributed by atoms with Crippen molar-refractivity contribution in [2.75, 3.05) is 18.1 Å². The fourth-order valence-corrected chi connectivity index (χ4v) is 1.63. The Morgan fingerprint density at radius 1 is 1.62 bits per heavy atom. The number of hydrogen-bond acceptors (Lipinski definition) is 4. The number of furan rings is 1. The van der Waals surface area contributed by atoms with Gasteiger partial charge >= 0.3 is 5.97 Å². The molecule has 2 N–H and O–H groups in total. The first-order chi connectivity index (χ1) is 7.74. The highest BCUT2D eigenvalue weighted by Gasteiger charge is 2.07. The summed E-state index contributed by atoms with van der Waals surface area (Å²) in [6.45, 7) is 1.35. The number of carboxylic acid groups (broad SMARTS) is 1. The Bertz CT molecular complexity index is 381. The van der Waals surface area contributed by atoms with E-state index in [1.807, 2.05) is 0 Å². The lowest BCUT2D eigenvalue weighted by Gasteiger charge is -2.00. The maximum absolute atomic E-state index is 10.5. The normalized spacial score (nSPS) is 9.94. The van der Waals surface area contributed by atoms with Gasteiger partial charge in [0.1, 0.15) is 5.76 Å². The molecule has 0 atom stereocenters. The van der Waals surface area contributed by atoms with E-state index < -0.39 is 5.97 Å². The second kappa shape index (κ2) is 6.99. The lowest BCUT2D eigenvalue weighted by Crippen LogP contribution is -2.16. The van der Waals surface area contributed by atoms with Gasteiger partial charge in [-0.05, 0) is 12.1 Å². The number of rotatable bonds is 7. The summed E-state index contributed by atoms with van der Waals surface area (Å²) in [6.07, 6.45) is 5.10. The van der Waals surface area contributed by atoms with E-state index in [4.69, 9.17) is 15.9 Å². The Morgan fingerprint density at radius 2 is 2.44 bits per heavy atom. The summed E-state index contributed by atoms with van der Waals surface area (Å²) in [7, 11) is 0. The summed E-state index contributed by atoms with van der Waals surface area (Å²) < 4.78 is 5.07. The molecule has 0 unspecified atom stereocenters. The third-order valence-electron chi connectivity index (χ3n) is 1.78. The summed E-state index contributed by atoms with van der Waals surface area (Å²) in [5.74, 6) is 3.73. The van der Waals surface area contributed by atoms with E-state index in [0.29, 0.717) is 18.1 Å². The van der Waals surface area contributed by atoms with Crippen LogP contribution >= 0.6 is 11.8 Å². The predicted octanol–water partition coefficient (Wildman–Crippen LogP) is 1.43. The molecule has 0 aliphatic carbocycles. The quantitative estimate of drug-likeness (QED) is 0.557. The number of carboxylic acids is 1. The van der Waals surface area contributed by atoms with Gasteiger partial charge < -0.3 is 14.8 Å². The fraction of sp³-hybridized carbons (Fsp3) is 0.364. The van der Waals surface area contributed by atoms with E-state index in [9.17, 15) is 4.79 Å². The van der Waals surface area contributed by atoms with Gasteiger partial charge in [-0.1, -0.05) is 5.92 Å². The molecule has 4 nitrogen and oxygen atoms in total. The van der Waals surface area contributed by atoms with Crippen LogP contribution in [0.5, 0.6) is 0 Å². The first kappa shape index (κ1) is 12.7. The number of terminal acetylenes is 1. The van der Waals surface area contributed by atoms with Crippen molar-refractivity contribution in [1.82, 2.24) is 5.32 Å². The van der Waals surface area contributed by atoms with Crippen LogP contribution in [-0.4, -0.2) is 29.1 Å². The van der Waals surface area contributed by atoms with Crippen LogP contribution in [0.1, 0.15) is 16.3 Å². The number of carbonyl (C=O) groups is 1. The second-order valence-corrected chi connectivity index (χ2v) is 4.11. The highest BCUT2D eigenvalue weighted by molar-refractivity contribution is 7.99. The molecule has 0 radical (unpaired) electrons. The highest BCUT2D eigenvalue weighted by Crippen LogP contribution is 2.07. The zero-order valence-corrected chi connectivity index (χ0v) is 9.55. The molecular weight excluding hydrogens is 226 g/mol. The number of nitrogens with one attached hydrogen (secondary N) is 1. The van der Waals surface area contributed by atoms with Gasteiger partial charge in [0, 0.05) is 12.3 Å². The van der Waals surface area contributed by atoms with Crippen LogP contribution in [0.15, 0.2) is 16.5 Å². The summed E-state index contributed by atoms with van der Waals surface area (Å²) in [5.41, 5.74) is 0. The molecular formula is C11H13NO3S. The Kier molecular flexibility index (Phi) is 5.54. The van der Waals surface area contributed by atoms with Crippen LogP contribution in [0.2, 0.25) is 0 Å². The summed E-state index contributed by atoms with van der Waals surface area (Å²) in [6, 6.07) is 3.11. The van der Waals surface area contributed by atoms with E-state index in [0.717, 1.165) is 12.3 Å². The van der Waals surface area contributed by atoms with E-state index in [1.54, 1.807) is 17.8 Å². The van der Waals surface area contributed by atoms with Gasteiger partial charge in [0.2, 0.25) is 5.76 Å². The van der Waals surface area contributed by atoms with Crippen LogP contribution in [0.3, 0.4) is 0 Å². The zero-order chi connectivity index (χ0) is 11.8. The molecule has 0 saturated carbocycles. The summed E-state index contributed by atoms with van der Waals surface area (Å²) in [4.78, 5) is 10.5. The Balaban J connectivity index is 2.17. The molecule has 0 bridgehead atoms. The Hall–Kier alpha value is -1.38. The first-order valence-electron chi connectivity index (χ1n) is 4.78. The zero-order valence-electron chi connectivity index (χ0n) is 8.73. The van der Waals surface area contributed by atoms with Crippen molar-refractivity contribution in [1.29, 1.82) is 0 Å². The molecule has 0 aromatic carbocycles. The second-order valence-electron chi connectivity index (χ2n) is 3.00. The van der Waals surface area contributed by atoms with Crippen LogP contribution in [0.25, 0.3) is 0 Å². The molecule has 0 amide bonds. The van der Waals surface area contributed by atoms with Crippen LogP contribution in [0, 0.1) is 12.3 Å². The van der Waals surface area contributed by atoms with Gasteiger partial charge in [-0.15, -0.1) is 18.2 Å². The highest BCUT2D eigenvalue weighted by atomic mass is 32.2. The SMILES string of the molecule is C#CCSCCNCc1ccc(C(=O)O)o1. The number of hydrogen-bond donors (Lipinski definition) is 2. The van der Waals surface area contributed by atoms with Gasteiger partial charge in [-0.2, -0.15) is 0 Å². The minimum Gasteiger partial charge on any atom is -0.475 e. The van der Waals surface area contributed by atoms with E-state index in [-0.39, 0.29) is 5.76 Å². The predicted molar refractivity (Wildman–Crippen MR) is 63.5 cm³/mol. The van der Waals surface area contributed by atoms with Gasteiger partial charge in [0.15, 0.2) is 0 Å². The maximum Gasteiger partial charge on any atom is 0.371 e. The van der Waals surface area contributed by atoms with Crippen LogP contribution < -0.4 is 5.32 Å². The molecule has 1 heterocycles. The summed E-state index contributed by atoms with van der Waals surface area (Å²) in [5, 5.41) is 11.8. The van der Waals surface area contributed by atoms with Crippen molar-refractivity contribution in [2.24, 2.45) is 0 Å². The van der Waals surface area contributed by atoms with Crippen LogP contribution in [0.4, 0.5) is 0 Å². The van der Waals surface area contributed by atoms with Crippen molar-refractivity contribution < 1.29 is 14.3 Å². The minimum atomic E-state index is -1.05. The maximum atomic E-state index is 10.5. The van der Waals surface area contributed by atoms with Crippen molar-refractivity contribution in [3.63, 3.8) is 0 Å². The topological polar surface area (TPSA) is 62.5 Å². The lowest BCUT2D eigenvalue weighted by atomic mass is 10.4. The minimum absolute atomic E-state index is 0.0292. The molecule has 16 heavy (non-hydrogen) atoms. The van der Waals surface area contributed by atoms with E-state index >= 15 is 0 Å².